The molecule has 8 heteroatoms. The number of ether oxygens (including phenoxy) is 4. The Morgan fingerprint density at radius 3 is 2.22 bits per heavy atom. The van der Waals surface area contributed by atoms with Crippen molar-refractivity contribution in [2.75, 3.05) is 34.0 Å². The Hall–Kier alpha value is -1.70. The molecule has 1 aliphatic rings. The van der Waals surface area contributed by atoms with Gasteiger partial charge in [-0.3, -0.25) is 4.79 Å². The average Bonchev–Trinajstić information content (AvgIpc) is 2.64. The van der Waals surface area contributed by atoms with Gasteiger partial charge in [0, 0.05) is 36.6 Å². The number of rotatable bonds is 9. The number of carbonyl (C=O) groups is 1. The lowest BCUT2D eigenvalue weighted by Crippen LogP contribution is -2.75. The maximum atomic E-state index is 12.5. The predicted octanol–water partition coefficient (Wildman–Crippen LogP) is 2.15. The first-order valence-electron chi connectivity index (χ1n) is 8.83. The van der Waals surface area contributed by atoms with Gasteiger partial charge in [0.1, 0.15) is 29.4 Å². The molecule has 2 atom stereocenters. The van der Waals surface area contributed by atoms with E-state index < -0.39 is 11.0 Å². The molecule has 0 spiro atoms. The van der Waals surface area contributed by atoms with Crippen molar-refractivity contribution in [2.24, 2.45) is 11.1 Å². The second-order valence-corrected chi connectivity index (χ2v) is 6.99. The van der Waals surface area contributed by atoms with E-state index in [-0.39, 0.29) is 24.4 Å². The molecule has 1 fully saturated rings. The van der Waals surface area contributed by atoms with Crippen LogP contribution in [0.3, 0.4) is 0 Å². The highest BCUT2D eigenvalue weighted by molar-refractivity contribution is 5.88. The van der Waals surface area contributed by atoms with Crippen LogP contribution < -0.4 is 25.3 Å². The van der Waals surface area contributed by atoms with Crippen molar-refractivity contribution in [3.8, 4) is 17.2 Å². The van der Waals surface area contributed by atoms with Gasteiger partial charge in [-0.15, -0.1) is 12.4 Å². The van der Waals surface area contributed by atoms with Crippen molar-refractivity contribution in [3.05, 3.63) is 18.2 Å². The Bertz CT molecular complexity index is 618. The van der Waals surface area contributed by atoms with Gasteiger partial charge >= 0.3 is 0 Å². The standard InChI is InChI=1S/C19H30N2O5.ClH/c1-6-25-16-12-19(20,18(16,2)3)17(22)21-7-8-26-15-10-13(23-4)9-14(11-15)24-5;/h9-11,16H,6-8,12,20H2,1-5H3,(H,21,22);1H. The second kappa shape index (κ2) is 9.48. The fourth-order valence-electron chi connectivity index (χ4n) is 3.18. The highest BCUT2D eigenvalue weighted by Crippen LogP contribution is 2.49. The van der Waals surface area contributed by atoms with Crippen LogP contribution in [-0.2, 0) is 9.53 Å². The maximum Gasteiger partial charge on any atom is 0.240 e. The fraction of sp³-hybridized carbons (Fsp3) is 0.632. The van der Waals surface area contributed by atoms with E-state index >= 15 is 0 Å². The van der Waals surface area contributed by atoms with Crippen molar-refractivity contribution in [2.45, 2.75) is 38.8 Å². The molecule has 2 unspecified atom stereocenters. The number of hydrogen-bond acceptors (Lipinski definition) is 6. The van der Waals surface area contributed by atoms with Crippen LogP contribution >= 0.6 is 12.4 Å². The number of nitrogens with one attached hydrogen (secondary N) is 1. The lowest BCUT2D eigenvalue weighted by molar-refractivity contribution is -0.170. The van der Waals surface area contributed by atoms with Gasteiger partial charge in [-0.05, 0) is 6.92 Å². The van der Waals surface area contributed by atoms with E-state index in [2.05, 4.69) is 5.32 Å². The molecule has 7 nitrogen and oxygen atoms in total. The van der Waals surface area contributed by atoms with Crippen LogP contribution in [0.2, 0.25) is 0 Å². The number of methoxy groups -OCH3 is 2. The first-order valence-corrected chi connectivity index (χ1v) is 8.83. The summed E-state index contributed by atoms with van der Waals surface area (Å²) < 4.78 is 21.7. The first kappa shape index (κ1) is 23.3. The minimum atomic E-state index is -0.925. The summed E-state index contributed by atoms with van der Waals surface area (Å²) in [5, 5.41) is 2.86. The van der Waals surface area contributed by atoms with Crippen molar-refractivity contribution in [3.63, 3.8) is 0 Å². The Morgan fingerprint density at radius 1 is 1.19 bits per heavy atom. The Labute approximate surface area is 167 Å². The van der Waals surface area contributed by atoms with Crippen LogP contribution in [0.5, 0.6) is 17.2 Å². The molecule has 0 saturated heterocycles. The SMILES string of the molecule is CCOC1CC(N)(C(=O)NCCOc2cc(OC)cc(OC)c2)C1(C)C.Cl. The zero-order valence-corrected chi connectivity index (χ0v) is 17.5. The molecule has 0 aliphatic heterocycles. The van der Waals surface area contributed by atoms with E-state index in [0.29, 0.717) is 43.4 Å². The third kappa shape index (κ3) is 4.78. The average molecular weight is 403 g/mol. The summed E-state index contributed by atoms with van der Waals surface area (Å²) in [4.78, 5) is 12.5. The predicted molar refractivity (Wildman–Crippen MR) is 106 cm³/mol. The summed E-state index contributed by atoms with van der Waals surface area (Å²) in [6.07, 6.45) is 0.525. The smallest absolute Gasteiger partial charge is 0.240 e. The third-order valence-electron chi connectivity index (χ3n) is 5.22. The zero-order chi connectivity index (χ0) is 19.4. The molecule has 27 heavy (non-hydrogen) atoms. The minimum Gasteiger partial charge on any atom is -0.496 e. The molecule has 0 heterocycles. The van der Waals surface area contributed by atoms with Crippen LogP contribution in [0.4, 0.5) is 0 Å². The van der Waals surface area contributed by atoms with Gasteiger partial charge in [0.15, 0.2) is 0 Å². The molecule has 3 N–H and O–H groups in total. The van der Waals surface area contributed by atoms with Crippen LogP contribution in [0, 0.1) is 5.41 Å². The molecule has 0 aromatic heterocycles. The molecule has 1 aromatic carbocycles. The van der Waals surface area contributed by atoms with Crippen LogP contribution in [-0.4, -0.2) is 51.5 Å². The summed E-state index contributed by atoms with van der Waals surface area (Å²) in [5.41, 5.74) is 5.01. The summed E-state index contributed by atoms with van der Waals surface area (Å²) in [6.45, 7) is 7.16. The highest BCUT2D eigenvalue weighted by Gasteiger charge is 2.62. The van der Waals surface area contributed by atoms with Crippen LogP contribution in [0.25, 0.3) is 0 Å². The van der Waals surface area contributed by atoms with E-state index in [9.17, 15) is 4.79 Å². The maximum absolute atomic E-state index is 12.5. The summed E-state index contributed by atoms with van der Waals surface area (Å²) >= 11 is 0. The van der Waals surface area contributed by atoms with Gasteiger partial charge in [-0.25, -0.2) is 0 Å². The van der Waals surface area contributed by atoms with E-state index in [4.69, 9.17) is 24.7 Å². The van der Waals surface area contributed by atoms with Gasteiger partial charge in [-0.2, -0.15) is 0 Å². The van der Waals surface area contributed by atoms with Crippen molar-refractivity contribution >= 4 is 18.3 Å². The minimum absolute atomic E-state index is 0. The number of amides is 1. The van der Waals surface area contributed by atoms with Gasteiger partial charge < -0.3 is 30.0 Å². The molecule has 0 bridgehead atoms. The molecule has 1 aromatic rings. The number of carbonyl (C=O) groups excluding carboxylic acids is 1. The van der Waals surface area contributed by atoms with E-state index in [1.54, 1.807) is 32.4 Å². The molecular weight excluding hydrogens is 372 g/mol. The normalized spacial score (nSPS) is 22.8. The molecule has 0 radical (unpaired) electrons. The monoisotopic (exact) mass is 402 g/mol. The van der Waals surface area contributed by atoms with Crippen LogP contribution in [0.1, 0.15) is 27.2 Å². The summed E-state index contributed by atoms with van der Waals surface area (Å²) in [7, 11) is 3.16. The van der Waals surface area contributed by atoms with Crippen molar-refractivity contribution in [1.29, 1.82) is 0 Å². The summed E-state index contributed by atoms with van der Waals surface area (Å²) in [6, 6.07) is 5.28. The quantitative estimate of drug-likeness (QED) is 0.615. The topological polar surface area (TPSA) is 92.0 Å². The van der Waals surface area contributed by atoms with Gasteiger partial charge in [0.25, 0.3) is 0 Å². The molecule has 1 amide bonds. The zero-order valence-electron chi connectivity index (χ0n) is 16.7. The number of hydrogen-bond donors (Lipinski definition) is 2. The highest BCUT2D eigenvalue weighted by atomic mass is 35.5. The van der Waals surface area contributed by atoms with Crippen molar-refractivity contribution in [1.82, 2.24) is 5.32 Å². The van der Waals surface area contributed by atoms with Gasteiger partial charge in [0.05, 0.1) is 26.9 Å². The number of nitrogens with two attached hydrogens (primary N) is 1. The Balaban J connectivity index is 0.00000364. The largest absolute Gasteiger partial charge is 0.496 e. The van der Waals surface area contributed by atoms with Gasteiger partial charge in [-0.1, -0.05) is 13.8 Å². The second-order valence-electron chi connectivity index (χ2n) is 6.99. The summed E-state index contributed by atoms with van der Waals surface area (Å²) in [5.74, 6) is 1.72. The van der Waals surface area contributed by atoms with Crippen molar-refractivity contribution < 1.29 is 23.7 Å². The Kier molecular flexibility index (Phi) is 8.20. The van der Waals surface area contributed by atoms with Gasteiger partial charge in [0.2, 0.25) is 5.91 Å². The van der Waals surface area contributed by atoms with E-state index in [1.165, 1.54) is 0 Å². The molecule has 1 saturated carbocycles. The van der Waals surface area contributed by atoms with Crippen LogP contribution in [0.15, 0.2) is 18.2 Å². The number of benzene rings is 1. The molecule has 154 valence electrons. The lowest BCUT2D eigenvalue weighted by atomic mass is 9.54. The van der Waals surface area contributed by atoms with E-state index in [0.717, 1.165) is 0 Å². The molecular formula is C19H31ClN2O5. The first-order chi connectivity index (χ1) is 12.3. The third-order valence-corrected chi connectivity index (χ3v) is 5.22. The molecule has 2 rings (SSSR count). The number of halogens is 1. The lowest BCUT2D eigenvalue weighted by Gasteiger charge is -2.57. The molecule has 1 aliphatic carbocycles. The van der Waals surface area contributed by atoms with E-state index in [1.807, 2.05) is 20.8 Å². The fourth-order valence-corrected chi connectivity index (χ4v) is 3.18. The Morgan fingerprint density at radius 2 is 1.74 bits per heavy atom.